The fourth-order valence-electron chi connectivity index (χ4n) is 4.23. The van der Waals surface area contributed by atoms with Crippen LogP contribution in [0.2, 0.25) is 0 Å². The smallest absolute Gasteiger partial charge is 0.329 e. The van der Waals surface area contributed by atoms with Crippen LogP contribution in [0.4, 0.5) is 5.69 Å². The summed E-state index contributed by atoms with van der Waals surface area (Å²) in [5.74, 6) is -3.79. The molecule has 16 nitrogen and oxygen atoms in total. The molecule has 0 spiro atoms. The Morgan fingerprint density at radius 3 is 2.09 bits per heavy atom. The lowest BCUT2D eigenvalue weighted by molar-refractivity contribution is -0.143. The van der Waals surface area contributed by atoms with E-state index in [2.05, 4.69) is 20.7 Å². The number of nitrogens with one attached hydrogen (secondary N) is 3. The van der Waals surface area contributed by atoms with E-state index in [-0.39, 0.29) is 43.7 Å². The van der Waals surface area contributed by atoms with Gasteiger partial charge in [-0.1, -0.05) is 6.07 Å². The van der Waals surface area contributed by atoms with Crippen LogP contribution in [0.15, 0.2) is 18.2 Å². The summed E-state index contributed by atoms with van der Waals surface area (Å²) in [5.41, 5.74) is 0.852. The molecule has 1 saturated heterocycles. The average Bonchev–Trinajstić information content (AvgIpc) is 3.22. The molecule has 0 aromatic heterocycles. The van der Waals surface area contributed by atoms with Gasteiger partial charge in [0.2, 0.25) is 17.7 Å². The number of amides is 5. The van der Waals surface area contributed by atoms with Crippen LogP contribution in [0.1, 0.15) is 33.6 Å². The largest absolute Gasteiger partial charge is 0.480 e. The summed E-state index contributed by atoms with van der Waals surface area (Å²) in [6.07, 6.45) is 0.148. The second-order valence-corrected chi connectivity index (χ2v) is 9.29. The van der Waals surface area contributed by atoms with Crippen molar-refractivity contribution in [2.24, 2.45) is 0 Å². The van der Waals surface area contributed by atoms with Gasteiger partial charge in [-0.05, 0) is 18.6 Å². The van der Waals surface area contributed by atoms with Crippen LogP contribution in [0.5, 0.6) is 0 Å². The highest BCUT2D eigenvalue weighted by molar-refractivity contribution is 6.25. The molecule has 0 radical (unpaired) electrons. The van der Waals surface area contributed by atoms with Crippen molar-refractivity contribution in [3.8, 4) is 0 Å². The molecule has 5 amide bonds. The molecule has 0 saturated carbocycles. The van der Waals surface area contributed by atoms with Crippen LogP contribution in [0, 0.1) is 0 Å². The number of benzene rings is 1. The summed E-state index contributed by atoms with van der Waals surface area (Å²) in [4.78, 5) is 72.3. The highest BCUT2D eigenvalue weighted by Gasteiger charge is 2.45. The molecule has 0 aliphatic carbocycles. The number of ether oxygens (including phenoxy) is 5. The minimum absolute atomic E-state index is 0.0553. The van der Waals surface area contributed by atoms with Gasteiger partial charge in [0, 0.05) is 25.2 Å². The molecule has 1 aromatic rings. The van der Waals surface area contributed by atoms with Crippen molar-refractivity contribution in [2.75, 3.05) is 84.5 Å². The van der Waals surface area contributed by atoms with Gasteiger partial charge in [-0.3, -0.25) is 34.2 Å². The maximum absolute atomic E-state index is 13.1. The normalized spacial score (nSPS) is 16.3. The summed E-state index contributed by atoms with van der Waals surface area (Å²) in [6, 6.07) is 3.83. The van der Waals surface area contributed by atoms with Gasteiger partial charge in [0.1, 0.15) is 19.3 Å². The number of piperidine rings is 1. The fourth-order valence-corrected chi connectivity index (χ4v) is 4.23. The first-order valence-corrected chi connectivity index (χ1v) is 13.7. The third-order valence-electron chi connectivity index (χ3n) is 6.17. The predicted molar refractivity (Wildman–Crippen MR) is 146 cm³/mol. The van der Waals surface area contributed by atoms with E-state index in [1.807, 2.05) is 0 Å². The molecule has 236 valence electrons. The van der Waals surface area contributed by atoms with E-state index in [0.29, 0.717) is 58.5 Å². The number of fused-ring (bicyclic) bond motifs is 1. The number of nitrogens with zero attached hydrogens (tertiary/aromatic N) is 1. The molecule has 43 heavy (non-hydrogen) atoms. The first-order valence-electron chi connectivity index (χ1n) is 13.7. The zero-order valence-corrected chi connectivity index (χ0v) is 23.6. The quantitative estimate of drug-likeness (QED) is 0.0955. The van der Waals surface area contributed by atoms with Gasteiger partial charge in [0.25, 0.3) is 11.8 Å². The van der Waals surface area contributed by atoms with Crippen LogP contribution in [0.3, 0.4) is 0 Å². The van der Waals surface area contributed by atoms with Gasteiger partial charge in [0.05, 0.1) is 64.0 Å². The highest BCUT2D eigenvalue weighted by Crippen LogP contribution is 2.32. The van der Waals surface area contributed by atoms with E-state index in [1.165, 1.54) is 6.07 Å². The van der Waals surface area contributed by atoms with E-state index < -0.39 is 48.2 Å². The zero-order valence-electron chi connectivity index (χ0n) is 23.6. The molecule has 0 bridgehead atoms. The Morgan fingerprint density at radius 2 is 1.47 bits per heavy atom. The van der Waals surface area contributed by atoms with Crippen LogP contribution < -0.4 is 16.0 Å². The molecular weight excluding hydrogens is 572 g/mol. The Balaban J connectivity index is 1.18. The Bertz CT molecular complexity index is 1160. The average molecular weight is 609 g/mol. The van der Waals surface area contributed by atoms with Crippen molar-refractivity contribution in [2.45, 2.75) is 18.9 Å². The van der Waals surface area contributed by atoms with Gasteiger partial charge in [0.15, 0.2) is 0 Å². The van der Waals surface area contributed by atoms with Crippen molar-refractivity contribution in [3.63, 3.8) is 0 Å². The molecule has 4 N–H and O–H groups in total. The molecule has 3 rings (SSSR count). The van der Waals surface area contributed by atoms with E-state index in [1.54, 1.807) is 12.1 Å². The molecule has 16 heteroatoms. The Hall–Kier alpha value is -3.96. The number of carboxylic acids is 1. The van der Waals surface area contributed by atoms with Gasteiger partial charge in [-0.25, -0.2) is 4.79 Å². The van der Waals surface area contributed by atoms with E-state index in [4.69, 9.17) is 24.1 Å². The van der Waals surface area contributed by atoms with Crippen LogP contribution in [-0.2, 0) is 42.9 Å². The molecule has 2 aliphatic rings. The molecule has 1 fully saturated rings. The van der Waals surface area contributed by atoms with Gasteiger partial charge < -0.3 is 39.4 Å². The van der Waals surface area contributed by atoms with Crippen molar-refractivity contribution in [1.82, 2.24) is 15.5 Å². The number of carboxylic acid groups (broad SMARTS) is 1. The molecule has 1 aromatic carbocycles. The van der Waals surface area contributed by atoms with Crippen LogP contribution in [-0.4, -0.2) is 131 Å². The highest BCUT2D eigenvalue weighted by atomic mass is 16.6. The monoisotopic (exact) mass is 608 g/mol. The number of hydrogen-bond donors (Lipinski definition) is 4. The van der Waals surface area contributed by atoms with Crippen molar-refractivity contribution in [1.29, 1.82) is 0 Å². The maximum Gasteiger partial charge on any atom is 0.329 e. The SMILES string of the molecule is O=C(O)COCC(=O)NCCOCCOCCOCCOCCNc1cccc2c1C(=O)N(C1CCC(=O)NC1=O)C2=O. The molecule has 1 unspecified atom stereocenters. The number of imide groups is 2. The Morgan fingerprint density at radius 1 is 0.837 bits per heavy atom. The summed E-state index contributed by atoms with van der Waals surface area (Å²) in [7, 11) is 0. The van der Waals surface area contributed by atoms with Crippen LogP contribution in [0.25, 0.3) is 0 Å². The summed E-state index contributed by atoms with van der Waals surface area (Å²) < 4.78 is 26.3. The number of carbonyl (C=O) groups excluding carboxylic acids is 5. The fraction of sp³-hybridized carbons (Fsp3) is 0.556. The van der Waals surface area contributed by atoms with Crippen molar-refractivity contribution >= 4 is 41.2 Å². The number of rotatable bonds is 21. The molecule has 2 heterocycles. The molecule has 1 atom stereocenters. The zero-order chi connectivity index (χ0) is 31.0. The van der Waals surface area contributed by atoms with Crippen LogP contribution >= 0.6 is 0 Å². The summed E-state index contributed by atoms with van der Waals surface area (Å²) >= 11 is 0. The lowest BCUT2D eigenvalue weighted by Crippen LogP contribution is -2.54. The number of carbonyl (C=O) groups is 6. The van der Waals surface area contributed by atoms with E-state index in [0.717, 1.165) is 4.90 Å². The maximum atomic E-state index is 13.1. The first-order chi connectivity index (χ1) is 20.8. The number of anilines is 1. The third-order valence-corrected chi connectivity index (χ3v) is 6.17. The minimum atomic E-state index is -1.14. The topological polar surface area (TPSA) is 208 Å². The van der Waals surface area contributed by atoms with E-state index in [9.17, 15) is 28.8 Å². The van der Waals surface area contributed by atoms with Crippen molar-refractivity contribution < 1.29 is 57.6 Å². The van der Waals surface area contributed by atoms with Crippen molar-refractivity contribution in [3.05, 3.63) is 29.3 Å². The van der Waals surface area contributed by atoms with Gasteiger partial charge in [-0.2, -0.15) is 0 Å². The van der Waals surface area contributed by atoms with E-state index >= 15 is 0 Å². The third kappa shape index (κ3) is 10.7. The molecule has 2 aliphatic heterocycles. The van der Waals surface area contributed by atoms with Gasteiger partial charge >= 0.3 is 5.97 Å². The standard InChI is InChI=1S/C27H36N4O12/c32-21-5-4-20(25(36)30-21)31-26(37)18-2-1-3-19(24(18)27(31)38)28-6-8-39-10-12-41-14-15-42-13-11-40-9-7-29-22(33)16-43-17-23(34)35/h1-3,20,28H,4-17H2,(H,29,33)(H,34,35)(H,30,32,36). The Labute approximate surface area is 247 Å². The second-order valence-electron chi connectivity index (χ2n) is 9.29. The Kier molecular flexibility index (Phi) is 13.9. The second kappa shape index (κ2) is 17.9. The summed E-state index contributed by atoms with van der Waals surface area (Å²) in [5, 5.41) is 16.2. The summed E-state index contributed by atoms with van der Waals surface area (Å²) in [6.45, 7) is 2.47. The van der Waals surface area contributed by atoms with Gasteiger partial charge in [-0.15, -0.1) is 0 Å². The number of aliphatic carboxylic acids is 1. The first kappa shape index (κ1) is 33.5. The molecular formula is C27H36N4O12. The number of hydrogen-bond acceptors (Lipinski definition) is 12. The minimum Gasteiger partial charge on any atom is -0.480 e. The lowest BCUT2D eigenvalue weighted by Gasteiger charge is -2.27. The lowest BCUT2D eigenvalue weighted by atomic mass is 10.0. The predicted octanol–water partition coefficient (Wildman–Crippen LogP) is -1.22.